The fourth-order valence-corrected chi connectivity index (χ4v) is 6.02. The number of nitrogens with one attached hydrogen (secondary N) is 1. The molecule has 1 amide bonds. The molecule has 1 N–H and O–H groups in total. The van der Waals surface area contributed by atoms with E-state index in [1.54, 1.807) is 10.6 Å². The maximum absolute atomic E-state index is 14.7. The third-order valence-electron chi connectivity index (χ3n) is 8.08. The minimum absolute atomic E-state index is 0.0707. The Hall–Kier alpha value is -3.69. The number of Topliss-reactive ketones (excluding diaryl/α,β-unsaturated/α-hetero) is 1. The third kappa shape index (κ3) is 5.69. The minimum atomic E-state index is -0.955. The molecule has 0 bridgehead atoms. The van der Waals surface area contributed by atoms with Gasteiger partial charge in [0.2, 0.25) is 5.91 Å². The van der Waals surface area contributed by atoms with Crippen molar-refractivity contribution in [1.82, 2.24) is 24.9 Å². The Morgan fingerprint density at radius 1 is 1.18 bits per heavy atom. The van der Waals surface area contributed by atoms with Gasteiger partial charge in [0.1, 0.15) is 17.3 Å². The van der Waals surface area contributed by atoms with Crippen LogP contribution in [0.5, 0.6) is 0 Å². The highest BCUT2D eigenvalue weighted by Gasteiger charge is 2.51. The first-order chi connectivity index (χ1) is 18.6. The first-order valence-corrected chi connectivity index (χ1v) is 13.6. The van der Waals surface area contributed by atoms with E-state index in [2.05, 4.69) is 20.4 Å². The van der Waals surface area contributed by atoms with Gasteiger partial charge in [-0.3, -0.25) is 14.4 Å². The second-order valence-electron chi connectivity index (χ2n) is 11.0. The van der Waals surface area contributed by atoms with Crippen LogP contribution in [0.15, 0.2) is 24.3 Å². The predicted molar refractivity (Wildman–Crippen MR) is 140 cm³/mol. The van der Waals surface area contributed by atoms with Gasteiger partial charge in [0.05, 0.1) is 0 Å². The van der Waals surface area contributed by atoms with Crippen LogP contribution in [0, 0.1) is 31.5 Å². The fraction of sp³-hybridized carbons (Fsp3) is 0.517. The molecule has 10 heteroatoms. The summed E-state index contributed by atoms with van der Waals surface area (Å²) >= 11 is 0. The van der Waals surface area contributed by atoms with E-state index in [1.807, 2.05) is 26.0 Å². The van der Waals surface area contributed by atoms with Crippen LogP contribution in [0.25, 0.3) is 5.78 Å². The molecule has 1 saturated carbocycles. The first-order valence-electron chi connectivity index (χ1n) is 13.6. The molecule has 9 nitrogen and oxygen atoms in total. The molecular weight excluding hydrogens is 501 g/mol. The second-order valence-corrected chi connectivity index (χ2v) is 11.0. The molecule has 2 atom stereocenters. The van der Waals surface area contributed by atoms with Gasteiger partial charge >= 0.3 is 5.97 Å². The van der Waals surface area contributed by atoms with E-state index in [9.17, 15) is 18.8 Å². The van der Waals surface area contributed by atoms with Crippen molar-refractivity contribution in [3.05, 3.63) is 58.4 Å². The van der Waals surface area contributed by atoms with Crippen molar-refractivity contribution in [2.24, 2.45) is 11.8 Å². The number of aromatic nitrogens is 4. The number of rotatable bonds is 8. The van der Waals surface area contributed by atoms with Crippen molar-refractivity contribution in [2.75, 3.05) is 0 Å². The Kier molecular flexibility index (Phi) is 7.46. The summed E-state index contributed by atoms with van der Waals surface area (Å²) in [6.45, 7) is 5.29. The summed E-state index contributed by atoms with van der Waals surface area (Å²) in [6.07, 6.45) is 4.98. The number of ether oxygens (including phenoxy) is 1. The largest absolute Gasteiger partial charge is 0.458 e. The van der Waals surface area contributed by atoms with E-state index in [0.29, 0.717) is 30.0 Å². The number of carbonyl (C=O) groups is 3. The number of benzene rings is 1. The lowest BCUT2D eigenvalue weighted by Crippen LogP contribution is -2.52. The highest BCUT2D eigenvalue weighted by atomic mass is 19.1. The summed E-state index contributed by atoms with van der Waals surface area (Å²) in [7, 11) is 0. The molecule has 2 fully saturated rings. The molecule has 3 aromatic rings. The normalized spacial score (nSPS) is 21.9. The number of hydrogen-bond acceptors (Lipinski definition) is 7. The monoisotopic (exact) mass is 535 g/mol. The lowest BCUT2D eigenvalue weighted by atomic mass is 9.73. The predicted octanol–water partition coefficient (Wildman–Crippen LogP) is 3.75. The number of carbonyl (C=O) groups excluding carboxylic acids is 3. The summed E-state index contributed by atoms with van der Waals surface area (Å²) in [6, 6.07) is 6.84. The SMILES string of the molecule is CC(=O)NCc1ccc(CCC2(C3CCCC3)CC(=O)C(Cc3nc4nc(C)cc(C)n4n3)C(=O)O2)cc1F. The lowest BCUT2D eigenvalue weighted by molar-refractivity contribution is -0.185. The molecular formula is C29H34FN5O4. The Morgan fingerprint density at radius 3 is 2.64 bits per heavy atom. The zero-order valence-corrected chi connectivity index (χ0v) is 22.6. The number of cyclic esters (lactones) is 1. The van der Waals surface area contributed by atoms with Crippen molar-refractivity contribution >= 4 is 23.4 Å². The summed E-state index contributed by atoms with van der Waals surface area (Å²) in [5.74, 6) is -1.35. The van der Waals surface area contributed by atoms with E-state index in [1.165, 1.54) is 13.0 Å². The maximum Gasteiger partial charge on any atom is 0.317 e. The average Bonchev–Trinajstić information content (AvgIpc) is 3.55. The van der Waals surface area contributed by atoms with Gasteiger partial charge in [-0.1, -0.05) is 25.0 Å². The van der Waals surface area contributed by atoms with E-state index >= 15 is 0 Å². The summed E-state index contributed by atoms with van der Waals surface area (Å²) < 4.78 is 22.5. The molecule has 1 saturated heterocycles. The van der Waals surface area contributed by atoms with E-state index in [0.717, 1.165) is 42.6 Å². The molecule has 1 aliphatic heterocycles. The van der Waals surface area contributed by atoms with Gasteiger partial charge in [0.25, 0.3) is 5.78 Å². The van der Waals surface area contributed by atoms with Gasteiger partial charge in [-0.2, -0.15) is 4.98 Å². The molecule has 1 aromatic carbocycles. The summed E-state index contributed by atoms with van der Waals surface area (Å²) in [5.41, 5.74) is 1.95. The molecule has 0 spiro atoms. The van der Waals surface area contributed by atoms with Crippen molar-refractivity contribution in [3.8, 4) is 0 Å². The van der Waals surface area contributed by atoms with Gasteiger partial charge in [-0.05, 0) is 63.1 Å². The topological polar surface area (TPSA) is 116 Å². The van der Waals surface area contributed by atoms with E-state index in [4.69, 9.17) is 4.74 Å². The number of ketones is 1. The van der Waals surface area contributed by atoms with Crippen LogP contribution in [0.2, 0.25) is 0 Å². The van der Waals surface area contributed by atoms with Crippen molar-refractivity contribution in [3.63, 3.8) is 0 Å². The zero-order chi connectivity index (χ0) is 27.7. The fourth-order valence-electron chi connectivity index (χ4n) is 6.02. The number of esters is 1. The Bertz CT molecular complexity index is 1410. The lowest BCUT2D eigenvalue weighted by Gasteiger charge is -2.43. The summed E-state index contributed by atoms with van der Waals surface area (Å²) in [4.78, 5) is 46.8. The van der Waals surface area contributed by atoms with Gasteiger partial charge in [0.15, 0.2) is 11.6 Å². The van der Waals surface area contributed by atoms with Crippen LogP contribution >= 0.6 is 0 Å². The first kappa shape index (κ1) is 26.9. The Morgan fingerprint density at radius 2 is 1.95 bits per heavy atom. The Labute approximate surface area is 226 Å². The van der Waals surface area contributed by atoms with Crippen LogP contribution in [-0.4, -0.2) is 42.8 Å². The van der Waals surface area contributed by atoms with Crippen LogP contribution in [-0.2, 0) is 38.5 Å². The van der Waals surface area contributed by atoms with Crippen LogP contribution < -0.4 is 5.32 Å². The number of amides is 1. The molecule has 2 aliphatic rings. The van der Waals surface area contributed by atoms with E-state index in [-0.39, 0.29) is 37.0 Å². The molecule has 2 aromatic heterocycles. The number of halogens is 1. The van der Waals surface area contributed by atoms with Gasteiger partial charge in [0, 0.05) is 43.3 Å². The molecule has 1 aliphatic carbocycles. The molecule has 5 rings (SSSR count). The standard InChI is InChI=1S/C29H34FN5O4/c1-17-12-18(2)35-28(32-17)33-26(34-35)14-23-25(37)15-29(39-27(23)38,22-6-4-5-7-22)11-10-20-8-9-21(24(30)13-20)16-31-19(3)36/h8-9,12-13,22-23H,4-7,10-11,14-16H2,1-3H3,(H,31,36). The molecule has 39 heavy (non-hydrogen) atoms. The van der Waals surface area contributed by atoms with Crippen molar-refractivity contribution < 1.29 is 23.5 Å². The maximum atomic E-state index is 14.7. The third-order valence-corrected chi connectivity index (χ3v) is 8.08. The van der Waals surface area contributed by atoms with Crippen LogP contribution in [0.4, 0.5) is 4.39 Å². The van der Waals surface area contributed by atoms with Gasteiger partial charge < -0.3 is 10.1 Å². The minimum Gasteiger partial charge on any atom is -0.458 e. The highest BCUT2D eigenvalue weighted by molar-refractivity contribution is 6.01. The van der Waals surface area contributed by atoms with Crippen molar-refractivity contribution in [2.45, 2.75) is 84.3 Å². The number of aryl methyl sites for hydroxylation is 3. The molecule has 3 heterocycles. The zero-order valence-electron chi connectivity index (χ0n) is 22.6. The number of fused-ring (bicyclic) bond motifs is 1. The Balaban J connectivity index is 1.32. The number of hydrogen-bond donors (Lipinski definition) is 1. The quantitative estimate of drug-likeness (QED) is 0.345. The van der Waals surface area contributed by atoms with Crippen LogP contribution in [0.1, 0.15) is 73.8 Å². The molecule has 206 valence electrons. The van der Waals surface area contributed by atoms with Gasteiger partial charge in [-0.25, -0.2) is 13.9 Å². The highest BCUT2D eigenvalue weighted by Crippen LogP contribution is 2.45. The average molecular weight is 536 g/mol. The van der Waals surface area contributed by atoms with E-state index < -0.39 is 23.3 Å². The molecule has 2 unspecified atom stereocenters. The van der Waals surface area contributed by atoms with Crippen molar-refractivity contribution in [1.29, 1.82) is 0 Å². The number of nitrogens with zero attached hydrogens (tertiary/aromatic N) is 4. The summed E-state index contributed by atoms with van der Waals surface area (Å²) in [5, 5.41) is 7.07. The smallest absolute Gasteiger partial charge is 0.317 e. The second kappa shape index (κ2) is 10.8. The van der Waals surface area contributed by atoms with Gasteiger partial charge in [-0.15, -0.1) is 5.10 Å². The van der Waals surface area contributed by atoms with Crippen LogP contribution in [0.3, 0.4) is 0 Å². The molecule has 0 radical (unpaired) electrons.